The third-order valence-corrected chi connectivity index (χ3v) is 5.62. The number of H-pyrrole nitrogens is 1. The fourth-order valence-electron chi connectivity index (χ4n) is 3.93. The highest BCUT2D eigenvalue weighted by atomic mass is 19.1. The number of nitrogens with one attached hydrogen (secondary N) is 2. The van der Waals surface area contributed by atoms with E-state index in [4.69, 9.17) is 0 Å². The third-order valence-electron chi connectivity index (χ3n) is 5.62. The number of aromatic amines is 1. The Morgan fingerprint density at radius 3 is 2.35 bits per heavy atom. The Labute approximate surface area is 178 Å². The molecule has 0 saturated carbocycles. The summed E-state index contributed by atoms with van der Waals surface area (Å²) in [5, 5.41) is 2.79. The van der Waals surface area contributed by atoms with Gasteiger partial charge in [-0.05, 0) is 29.8 Å². The van der Waals surface area contributed by atoms with E-state index in [-0.39, 0.29) is 29.5 Å². The van der Waals surface area contributed by atoms with Crippen LogP contribution in [0.5, 0.6) is 0 Å². The van der Waals surface area contributed by atoms with Crippen molar-refractivity contribution in [3.8, 4) is 0 Å². The number of hydrogen-bond acceptors (Lipinski definition) is 3. The number of aromatic nitrogens is 1. The number of piperazine rings is 1. The van der Waals surface area contributed by atoms with Crippen molar-refractivity contribution < 1.29 is 18.8 Å². The Bertz CT molecular complexity index is 1130. The number of rotatable bonds is 4. The quantitative estimate of drug-likeness (QED) is 0.676. The average Bonchev–Trinajstić information content (AvgIpc) is 3.23. The van der Waals surface area contributed by atoms with Gasteiger partial charge < -0.3 is 20.1 Å². The minimum atomic E-state index is -0.481. The van der Waals surface area contributed by atoms with Gasteiger partial charge in [0, 0.05) is 50.4 Å². The molecule has 1 aliphatic heterocycles. The molecule has 0 aliphatic carbocycles. The number of fused-ring (bicyclic) bond motifs is 1. The molecule has 1 aliphatic rings. The predicted octanol–water partition coefficient (Wildman–Crippen LogP) is 2.19. The normalized spacial score (nSPS) is 14.0. The molecule has 3 aromatic rings. The maximum absolute atomic E-state index is 14.5. The van der Waals surface area contributed by atoms with E-state index < -0.39 is 5.82 Å². The zero-order chi connectivity index (χ0) is 22.0. The molecule has 2 aromatic carbocycles. The Morgan fingerprint density at radius 2 is 1.68 bits per heavy atom. The molecule has 4 rings (SSSR count). The summed E-state index contributed by atoms with van der Waals surface area (Å²) in [6.45, 7) is 1.74. The molecule has 3 amide bonds. The predicted molar refractivity (Wildman–Crippen MR) is 114 cm³/mol. The third kappa shape index (κ3) is 4.01. The van der Waals surface area contributed by atoms with Gasteiger partial charge in [0.25, 0.3) is 11.8 Å². The van der Waals surface area contributed by atoms with Crippen LogP contribution in [0.25, 0.3) is 10.9 Å². The summed E-state index contributed by atoms with van der Waals surface area (Å²) in [6.07, 6.45) is 1.59. The molecule has 0 spiro atoms. The molecule has 8 heteroatoms. The smallest absolute Gasteiger partial charge is 0.253 e. The Hall–Kier alpha value is -3.68. The first-order chi connectivity index (χ1) is 15.0. The van der Waals surface area contributed by atoms with E-state index in [0.29, 0.717) is 48.4 Å². The Balaban J connectivity index is 1.44. The van der Waals surface area contributed by atoms with E-state index in [1.165, 1.54) is 19.2 Å². The zero-order valence-electron chi connectivity index (χ0n) is 17.2. The fourth-order valence-corrected chi connectivity index (χ4v) is 3.93. The molecule has 0 atom stereocenters. The summed E-state index contributed by atoms with van der Waals surface area (Å²) in [7, 11) is 1.51. The highest BCUT2D eigenvalue weighted by molar-refractivity contribution is 6.07. The van der Waals surface area contributed by atoms with Crippen LogP contribution in [0.2, 0.25) is 0 Å². The monoisotopic (exact) mass is 422 g/mol. The van der Waals surface area contributed by atoms with Crippen LogP contribution in [-0.2, 0) is 11.2 Å². The van der Waals surface area contributed by atoms with Gasteiger partial charge in [0.2, 0.25) is 5.91 Å². The van der Waals surface area contributed by atoms with Gasteiger partial charge in [-0.15, -0.1) is 0 Å². The fraction of sp³-hybridized carbons (Fsp3) is 0.261. The first-order valence-electron chi connectivity index (χ1n) is 10.1. The average molecular weight is 422 g/mol. The van der Waals surface area contributed by atoms with Crippen LogP contribution in [0.4, 0.5) is 4.39 Å². The number of hydrogen-bond donors (Lipinski definition) is 2. The highest BCUT2D eigenvalue weighted by Gasteiger charge is 2.26. The van der Waals surface area contributed by atoms with Gasteiger partial charge in [0.1, 0.15) is 5.82 Å². The zero-order valence-corrected chi connectivity index (χ0v) is 17.2. The second kappa shape index (κ2) is 8.59. The molecule has 1 saturated heterocycles. The molecular weight excluding hydrogens is 399 g/mol. The van der Waals surface area contributed by atoms with Gasteiger partial charge in [-0.1, -0.05) is 18.2 Å². The van der Waals surface area contributed by atoms with Crippen molar-refractivity contribution in [1.29, 1.82) is 0 Å². The van der Waals surface area contributed by atoms with Crippen LogP contribution < -0.4 is 5.32 Å². The second-order valence-electron chi connectivity index (χ2n) is 7.45. The van der Waals surface area contributed by atoms with E-state index >= 15 is 0 Å². The molecule has 7 nitrogen and oxygen atoms in total. The number of halogens is 1. The molecule has 1 aromatic heterocycles. The molecular formula is C23H23FN4O3. The SMILES string of the molecule is CNC(=O)c1ccc(F)c2c(CC(=O)N3CCN(C(=O)c4ccccc4)CC3)c[nH]c12. The number of nitrogens with zero attached hydrogens (tertiary/aromatic N) is 2. The lowest BCUT2D eigenvalue weighted by molar-refractivity contribution is -0.131. The topological polar surface area (TPSA) is 85.5 Å². The van der Waals surface area contributed by atoms with Gasteiger partial charge in [-0.3, -0.25) is 14.4 Å². The minimum Gasteiger partial charge on any atom is -0.360 e. The summed E-state index contributed by atoms with van der Waals surface area (Å²) in [5.41, 5.74) is 1.83. The summed E-state index contributed by atoms with van der Waals surface area (Å²) < 4.78 is 14.5. The van der Waals surface area contributed by atoms with Crippen molar-refractivity contribution >= 4 is 28.6 Å². The molecule has 0 bridgehead atoms. The van der Waals surface area contributed by atoms with E-state index in [0.717, 1.165) is 0 Å². The van der Waals surface area contributed by atoms with E-state index in [9.17, 15) is 18.8 Å². The first kappa shape index (κ1) is 20.6. The second-order valence-corrected chi connectivity index (χ2v) is 7.45. The van der Waals surface area contributed by atoms with Gasteiger partial charge in [0.15, 0.2) is 0 Å². The molecule has 2 heterocycles. The maximum atomic E-state index is 14.5. The van der Waals surface area contributed by atoms with Crippen molar-refractivity contribution in [2.75, 3.05) is 33.2 Å². The Kier molecular flexibility index (Phi) is 5.70. The lowest BCUT2D eigenvalue weighted by atomic mass is 10.0. The maximum Gasteiger partial charge on any atom is 0.253 e. The van der Waals surface area contributed by atoms with Crippen LogP contribution >= 0.6 is 0 Å². The Morgan fingerprint density at radius 1 is 1.00 bits per heavy atom. The van der Waals surface area contributed by atoms with Crippen molar-refractivity contribution in [1.82, 2.24) is 20.1 Å². The summed E-state index contributed by atoms with van der Waals surface area (Å²) >= 11 is 0. The summed E-state index contributed by atoms with van der Waals surface area (Å²) in [4.78, 5) is 43.8. The molecule has 160 valence electrons. The van der Waals surface area contributed by atoms with Crippen LogP contribution in [0.3, 0.4) is 0 Å². The van der Waals surface area contributed by atoms with E-state index in [1.807, 2.05) is 18.2 Å². The van der Waals surface area contributed by atoms with Gasteiger partial charge in [0.05, 0.1) is 17.5 Å². The van der Waals surface area contributed by atoms with Crippen LogP contribution in [0, 0.1) is 5.82 Å². The van der Waals surface area contributed by atoms with Crippen LogP contribution in [0.1, 0.15) is 26.3 Å². The lowest BCUT2D eigenvalue weighted by Crippen LogP contribution is -2.51. The number of carbonyl (C=O) groups is 3. The lowest BCUT2D eigenvalue weighted by Gasteiger charge is -2.35. The number of carbonyl (C=O) groups excluding carboxylic acids is 3. The number of benzene rings is 2. The van der Waals surface area contributed by atoms with Crippen molar-refractivity contribution in [2.24, 2.45) is 0 Å². The van der Waals surface area contributed by atoms with E-state index in [2.05, 4.69) is 10.3 Å². The standard InChI is InChI=1S/C23H23FN4O3/c1-25-22(30)17-7-8-18(24)20-16(14-26-21(17)20)13-19(29)27-9-11-28(12-10-27)23(31)15-5-3-2-4-6-15/h2-8,14,26H,9-13H2,1H3,(H,25,30). The number of amides is 3. The summed E-state index contributed by atoms with van der Waals surface area (Å²) in [5.74, 6) is -1.00. The van der Waals surface area contributed by atoms with Crippen LogP contribution in [-0.4, -0.2) is 65.7 Å². The largest absolute Gasteiger partial charge is 0.360 e. The summed E-state index contributed by atoms with van der Waals surface area (Å²) in [6, 6.07) is 11.7. The minimum absolute atomic E-state index is 0.0146. The van der Waals surface area contributed by atoms with Gasteiger partial charge in [-0.25, -0.2) is 4.39 Å². The molecule has 1 fully saturated rings. The molecule has 2 N–H and O–H groups in total. The molecule has 0 unspecified atom stereocenters. The first-order valence-corrected chi connectivity index (χ1v) is 10.1. The molecule has 0 radical (unpaired) electrons. The van der Waals surface area contributed by atoms with Gasteiger partial charge in [-0.2, -0.15) is 0 Å². The van der Waals surface area contributed by atoms with Crippen molar-refractivity contribution in [2.45, 2.75) is 6.42 Å². The van der Waals surface area contributed by atoms with E-state index in [1.54, 1.807) is 28.1 Å². The highest BCUT2D eigenvalue weighted by Crippen LogP contribution is 2.26. The molecule has 31 heavy (non-hydrogen) atoms. The van der Waals surface area contributed by atoms with Gasteiger partial charge >= 0.3 is 0 Å². The van der Waals surface area contributed by atoms with Crippen LogP contribution in [0.15, 0.2) is 48.7 Å². The van der Waals surface area contributed by atoms with Crippen molar-refractivity contribution in [3.05, 3.63) is 71.2 Å². The van der Waals surface area contributed by atoms with Crippen molar-refractivity contribution in [3.63, 3.8) is 0 Å².